The van der Waals surface area contributed by atoms with Gasteiger partial charge < -0.3 is 10.1 Å². The van der Waals surface area contributed by atoms with Crippen LogP contribution in [0.5, 0.6) is 5.88 Å². The number of hydrogen-bond acceptors (Lipinski definition) is 5. The number of carbonyl (C=O) groups excluding carboxylic acids is 1. The van der Waals surface area contributed by atoms with Crippen molar-refractivity contribution in [3.05, 3.63) is 53.7 Å². The molecule has 7 nitrogen and oxygen atoms in total. The van der Waals surface area contributed by atoms with E-state index in [2.05, 4.69) is 19.8 Å². The fourth-order valence-electron chi connectivity index (χ4n) is 2.04. The summed E-state index contributed by atoms with van der Waals surface area (Å²) in [6.07, 6.45) is -2.27. The summed E-state index contributed by atoms with van der Waals surface area (Å²) in [7, 11) is -3.57. The highest BCUT2D eigenvalue weighted by molar-refractivity contribution is 7.92. The van der Waals surface area contributed by atoms with Crippen molar-refractivity contribution in [2.75, 3.05) is 17.6 Å². The average Bonchev–Trinajstić information content (AvgIpc) is 2.57. The lowest BCUT2D eigenvalue weighted by Gasteiger charge is -2.12. The number of para-hydroxylation sites is 1. The van der Waals surface area contributed by atoms with Crippen molar-refractivity contribution in [1.29, 1.82) is 0 Å². The minimum Gasteiger partial charge on any atom is -0.468 e. The minimum absolute atomic E-state index is 0.0169. The number of anilines is 1. The van der Waals surface area contributed by atoms with Crippen LogP contribution in [0.1, 0.15) is 15.9 Å². The highest BCUT2D eigenvalue weighted by Gasteiger charge is 2.28. The van der Waals surface area contributed by atoms with Gasteiger partial charge in [-0.05, 0) is 23.8 Å². The van der Waals surface area contributed by atoms with Gasteiger partial charge in [0, 0.05) is 18.8 Å². The van der Waals surface area contributed by atoms with Gasteiger partial charge in [-0.25, -0.2) is 13.4 Å². The van der Waals surface area contributed by atoms with E-state index in [4.69, 9.17) is 0 Å². The van der Waals surface area contributed by atoms with Crippen LogP contribution < -0.4 is 14.8 Å². The summed E-state index contributed by atoms with van der Waals surface area (Å²) in [6, 6.07) is 8.78. The number of amides is 1. The molecule has 0 bridgehead atoms. The number of ether oxygens (including phenoxy) is 1. The summed E-state index contributed by atoms with van der Waals surface area (Å²) < 4.78 is 66.1. The van der Waals surface area contributed by atoms with E-state index in [1.54, 1.807) is 12.1 Å². The molecule has 1 aromatic carbocycles. The summed E-state index contributed by atoms with van der Waals surface area (Å²) in [4.78, 5) is 16.0. The number of halogens is 3. The molecule has 0 atom stereocenters. The van der Waals surface area contributed by atoms with Crippen LogP contribution in [-0.2, 0) is 16.6 Å². The molecule has 0 fully saturated rings. The van der Waals surface area contributed by atoms with E-state index < -0.39 is 28.7 Å². The van der Waals surface area contributed by atoms with Crippen molar-refractivity contribution in [1.82, 2.24) is 10.3 Å². The molecule has 0 spiro atoms. The number of sulfonamides is 1. The smallest absolute Gasteiger partial charge is 0.422 e. The number of aromatic nitrogens is 1. The number of rotatable bonds is 7. The monoisotopic (exact) mass is 403 g/mol. The lowest BCUT2D eigenvalue weighted by molar-refractivity contribution is -0.154. The second-order valence-corrected chi connectivity index (χ2v) is 7.26. The fraction of sp³-hybridized carbons (Fsp3) is 0.250. The quantitative estimate of drug-likeness (QED) is 0.740. The van der Waals surface area contributed by atoms with Gasteiger partial charge in [-0.2, -0.15) is 13.2 Å². The predicted molar refractivity (Wildman–Crippen MR) is 91.9 cm³/mol. The first-order valence-corrected chi connectivity index (χ1v) is 9.42. The first-order chi connectivity index (χ1) is 12.5. The van der Waals surface area contributed by atoms with Gasteiger partial charge in [0.2, 0.25) is 15.9 Å². The molecule has 27 heavy (non-hydrogen) atoms. The predicted octanol–water partition coefficient (Wildman–Crippen LogP) is 2.32. The Kier molecular flexibility index (Phi) is 6.26. The number of pyridine rings is 1. The van der Waals surface area contributed by atoms with Gasteiger partial charge in [-0.1, -0.05) is 12.1 Å². The van der Waals surface area contributed by atoms with Gasteiger partial charge in [0.25, 0.3) is 5.91 Å². The van der Waals surface area contributed by atoms with Crippen LogP contribution in [0, 0.1) is 0 Å². The van der Waals surface area contributed by atoms with E-state index in [-0.39, 0.29) is 23.7 Å². The lowest BCUT2D eigenvalue weighted by Crippen LogP contribution is -2.25. The van der Waals surface area contributed by atoms with Crippen LogP contribution in [0.2, 0.25) is 0 Å². The third-order valence-electron chi connectivity index (χ3n) is 3.10. The van der Waals surface area contributed by atoms with Gasteiger partial charge in [-0.3, -0.25) is 9.52 Å². The van der Waals surface area contributed by atoms with Crippen molar-refractivity contribution in [2.45, 2.75) is 12.7 Å². The maximum atomic E-state index is 12.3. The second kappa shape index (κ2) is 8.25. The van der Waals surface area contributed by atoms with Crippen LogP contribution in [0.3, 0.4) is 0 Å². The summed E-state index contributed by atoms with van der Waals surface area (Å²) in [6.45, 7) is -1.49. The van der Waals surface area contributed by atoms with E-state index in [0.29, 0.717) is 5.56 Å². The Morgan fingerprint density at radius 3 is 2.59 bits per heavy atom. The molecule has 2 aromatic rings. The molecule has 2 N–H and O–H groups in total. The zero-order valence-electron chi connectivity index (χ0n) is 14.1. The van der Waals surface area contributed by atoms with Gasteiger partial charge in [0.15, 0.2) is 6.61 Å². The molecular weight excluding hydrogens is 387 g/mol. The Labute approximate surface area is 153 Å². The highest BCUT2D eigenvalue weighted by atomic mass is 32.2. The van der Waals surface area contributed by atoms with Crippen LogP contribution in [0.4, 0.5) is 18.9 Å². The first kappa shape index (κ1) is 20.5. The first-order valence-electron chi connectivity index (χ1n) is 7.53. The minimum atomic E-state index is -4.48. The molecular formula is C16H16F3N3O4S. The van der Waals surface area contributed by atoms with Crippen molar-refractivity contribution in [3.63, 3.8) is 0 Å². The lowest BCUT2D eigenvalue weighted by atomic mass is 10.1. The van der Waals surface area contributed by atoms with Crippen LogP contribution >= 0.6 is 0 Å². The largest absolute Gasteiger partial charge is 0.468 e. The topological polar surface area (TPSA) is 97.4 Å². The van der Waals surface area contributed by atoms with Crippen molar-refractivity contribution in [3.8, 4) is 5.88 Å². The average molecular weight is 403 g/mol. The molecule has 0 unspecified atom stereocenters. The summed E-state index contributed by atoms with van der Waals surface area (Å²) >= 11 is 0. The Hall–Kier alpha value is -2.82. The summed E-state index contributed by atoms with van der Waals surface area (Å²) in [5.74, 6) is -0.783. The zero-order chi connectivity index (χ0) is 20.1. The van der Waals surface area contributed by atoms with E-state index in [1.165, 1.54) is 30.5 Å². The molecule has 146 valence electrons. The highest BCUT2D eigenvalue weighted by Crippen LogP contribution is 2.18. The number of nitrogens with one attached hydrogen (secondary N) is 2. The fourth-order valence-corrected chi connectivity index (χ4v) is 2.62. The van der Waals surface area contributed by atoms with Gasteiger partial charge in [0.05, 0.1) is 17.5 Å². The maximum Gasteiger partial charge on any atom is 0.422 e. The van der Waals surface area contributed by atoms with Crippen LogP contribution in [0.15, 0.2) is 42.6 Å². The van der Waals surface area contributed by atoms with Crippen molar-refractivity contribution in [2.24, 2.45) is 0 Å². The molecule has 11 heteroatoms. The standard InChI is InChI=1S/C16H16F3N3O4S/c1-27(24,25)22-13-5-3-2-4-12(13)15(23)21-9-11-6-7-20-14(8-11)26-10-16(17,18)19/h2-8,22H,9-10H2,1H3,(H,21,23). The molecule has 2 rings (SSSR count). The third-order valence-corrected chi connectivity index (χ3v) is 3.69. The molecule has 0 aliphatic heterocycles. The van der Waals surface area contributed by atoms with E-state index in [9.17, 15) is 26.4 Å². The Balaban J connectivity index is 2.04. The molecule has 0 saturated carbocycles. The Bertz CT molecular complexity index is 917. The number of nitrogens with zero attached hydrogens (tertiary/aromatic N) is 1. The van der Waals surface area contributed by atoms with Gasteiger partial charge in [-0.15, -0.1) is 0 Å². The molecule has 1 heterocycles. The number of carbonyl (C=O) groups is 1. The summed E-state index contributed by atoms with van der Waals surface area (Å²) in [5, 5.41) is 2.56. The molecule has 1 aromatic heterocycles. The molecule has 1 amide bonds. The van der Waals surface area contributed by atoms with Gasteiger partial charge in [0.1, 0.15) is 0 Å². The number of benzene rings is 1. The third kappa shape index (κ3) is 7.13. The van der Waals surface area contributed by atoms with Crippen LogP contribution in [0.25, 0.3) is 0 Å². The summed E-state index contributed by atoms with van der Waals surface area (Å²) in [5.41, 5.74) is 0.677. The van der Waals surface area contributed by atoms with E-state index in [1.807, 2.05) is 0 Å². The molecule has 0 radical (unpaired) electrons. The van der Waals surface area contributed by atoms with Gasteiger partial charge >= 0.3 is 6.18 Å². The second-order valence-electron chi connectivity index (χ2n) is 5.51. The normalized spacial score (nSPS) is 11.7. The number of hydrogen-bond donors (Lipinski definition) is 2. The molecule has 0 aliphatic carbocycles. The van der Waals surface area contributed by atoms with E-state index in [0.717, 1.165) is 6.26 Å². The number of alkyl halides is 3. The SMILES string of the molecule is CS(=O)(=O)Nc1ccccc1C(=O)NCc1ccnc(OCC(F)(F)F)c1. The zero-order valence-corrected chi connectivity index (χ0v) is 14.9. The van der Waals surface area contributed by atoms with E-state index >= 15 is 0 Å². The van der Waals surface area contributed by atoms with Crippen LogP contribution in [-0.4, -0.2) is 38.3 Å². The van der Waals surface area contributed by atoms with Crippen molar-refractivity contribution < 1.29 is 31.1 Å². The molecule has 0 aliphatic rings. The Morgan fingerprint density at radius 1 is 1.22 bits per heavy atom. The molecule has 0 saturated heterocycles. The van der Waals surface area contributed by atoms with Crippen molar-refractivity contribution >= 4 is 21.6 Å². The maximum absolute atomic E-state index is 12.3. The Morgan fingerprint density at radius 2 is 1.93 bits per heavy atom.